The van der Waals surface area contributed by atoms with E-state index in [0.29, 0.717) is 22.2 Å². The maximum absolute atomic E-state index is 12.3. The molecule has 1 aromatic heterocycles. The second kappa shape index (κ2) is 7.72. The number of hydrogen-bond acceptors (Lipinski definition) is 4. The van der Waals surface area contributed by atoms with Crippen molar-refractivity contribution in [3.05, 3.63) is 71.5 Å². The first-order chi connectivity index (χ1) is 12.2. The molecular weight excluding hydrogens is 342 g/mol. The standard InChI is InChI=1S/C18H16ClN3O3/c1-24-14-6-4-5-13(11-14)20-18(23)16-9-10-22(21-16)12-25-17-8-3-2-7-15(17)19/h2-11H,12H2,1H3,(H,20,23). The molecule has 0 saturated heterocycles. The lowest BCUT2D eigenvalue weighted by Gasteiger charge is -2.07. The zero-order chi connectivity index (χ0) is 17.6. The monoisotopic (exact) mass is 357 g/mol. The van der Waals surface area contributed by atoms with E-state index in [1.807, 2.05) is 12.1 Å². The van der Waals surface area contributed by atoms with Gasteiger partial charge < -0.3 is 14.8 Å². The number of halogens is 1. The number of rotatable bonds is 6. The van der Waals surface area contributed by atoms with Crippen LogP contribution in [0.15, 0.2) is 60.8 Å². The van der Waals surface area contributed by atoms with Crippen molar-refractivity contribution in [3.8, 4) is 11.5 Å². The molecule has 1 heterocycles. The highest BCUT2D eigenvalue weighted by atomic mass is 35.5. The lowest BCUT2D eigenvalue weighted by molar-refractivity contribution is 0.102. The number of nitrogens with zero attached hydrogens (tertiary/aromatic N) is 2. The van der Waals surface area contributed by atoms with E-state index in [2.05, 4.69) is 10.4 Å². The highest BCUT2D eigenvalue weighted by Crippen LogP contribution is 2.23. The zero-order valence-corrected chi connectivity index (χ0v) is 14.2. The van der Waals surface area contributed by atoms with Crippen molar-refractivity contribution in [2.24, 2.45) is 0 Å². The summed E-state index contributed by atoms with van der Waals surface area (Å²) in [5.41, 5.74) is 0.914. The van der Waals surface area contributed by atoms with Gasteiger partial charge in [-0.05, 0) is 30.3 Å². The van der Waals surface area contributed by atoms with E-state index >= 15 is 0 Å². The molecular formula is C18H16ClN3O3. The molecule has 0 saturated carbocycles. The van der Waals surface area contributed by atoms with Crippen molar-refractivity contribution < 1.29 is 14.3 Å². The molecule has 25 heavy (non-hydrogen) atoms. The van der Waals surface area contributed by atoms with Crippen molar-refractivity contribution in [2.45, 2.75) is 6.73 Å². The Morgan fingerprint density at radius 1 is 1.20 bits per heavy atom. The van der Waals surface area contributed by atoms with Gasteiger partial charge in [-0.2, -0.15) is 5.10 Å². The molecule has 128 valence electrons. The van der Waals surface area contributed by atoms with Crippen LogP contribution in [-0.4, -0.2) is 22.8 Å². The molecule has 1 N–H and O–H groups in total. The molecule has 0 atom stereocenters. The van der Waals surface area contributed by atoms with Crippen molar-refractivity contribution in [2.75, 3.05) is 12.4 Å². The first-order valence-corrected chi connectivity index (χ1v) is 7.90. The highest BCUT2D eigenvalue weighted by Gasteiger charge is 2.11. The Hall–Kier alpha value is -2.99. The number of para-hydroxylation sites is 1. The van der Waals surface area contributed by atoms with Crippen LogP contribution in [0.3, 0.4) is 0 Å². The smallest absolute Gasteiger partial charge is 0.276 e. The van der Waals surface area contributed by atoms with E-state index in [0.717, 1.165) is 0 Å². The number of ether oxygens (including phenoxy) is 2. The van der Waals surface area contributed by atoms with Crippen molar-refractivity contribution in [1.29, 1.82) is 0 Å². The van der Waals surface area contributed by atoms with Gasteiger partial charge in [-0.25, -0.2) is 4.68 Å². The van der Waals surface area contributed by atoms with Gasteiger partial charge >= 0.3 is 0 Å². The molecule has 3 rings (SSSR count). The number of nitrogens with one attached hydrogen (secondary N) is 1. The van der Waals surface area contributed by atoms with Crippen molar-refractivity contribution >= 4 is 23.2 Å². The molecule has 0 aliphatic heterocycles. The number of carbonyl (C=O) groups is 1. The molecule has 2 aromatic carbocycles. The summed E-state index contributed by atoms with van der Waals surface area (Å²) in [6.07, 6.45) is 1.66. The minimum Gasteiger partial charge on any atom is -0.497 e. The van der Waals surface area contributed by atoms with Gasteiger partial charge in [0.25, 0.3) is 5.91 Å². The Kier molecular flexibility index (Phi) is 5.20. The fourth-order valence-corrected chi connectivity index (χ4v) is 2.34. The molecule has 0 spiro atoms. The summed E-state index contributed by atoms with van der Waals surface area (Å²) in [5.74, 6) is 0.906. The van der Waals surface area contributed by atoms with Gasteiger partial charge in [-0.3, -0.25) is 4.79 Å². The van der Waals surface area contributed by atoms with Gasteiger partial charge in [0.2, 0.25) is 0 Å². The SMILES string of the molecule is COc1cccc(NC(=O)c2ccn(COc3ccccc3Cl)n2)c1. The molecule has 1 amide bonds. The zero-order valence-electron chi connectivity index (χ0n) is 13.5. The van der Waals surface area contributed by atoms with E-state index in [-0.39, 0.29) is 18.3 Å². The Labute approximate surface area is 149 Å². The number of methoxy groups -OCH3 is 1. The van der Waals surface area contributed by atoms with E-state index in [4.69, 9.17) is 21.1 Å². The third kappa shape index (κ3) is 4.30. The van der Waals surface area contributed by atoms with Crippen LogP contribution in [-0.2, 0) is 6.73 Å². The first kappa shape index (κ1) is 16.9. The molecule has 0 unspecified atom stereocenters. The molecule has 6 nitrogen and oxygen atoms in total. The normalized spacial score (nSPS) is 10.3. The van der Waals surface area contributed by atoms with Crippen molar-refractivity contribution in [1.82, 2.24) is 9.78 Å². The number of amides is 1. The summed E-state index contributed by atoms with van der Waals surface area (Å²) in [6.45, 7) is 0.149. The minimum atomic E-state index is -0.315. The third-order valence-corrected chi connectivity index (χ3v) is 3.70. The van der Waals surface area contributed by atoms with Gasteiger partial charge in [-0.1, -0.05) is 29.8 Å². The second-order valence-electron chi connectivity index (χ2n) is 5.13. The fourth-order valence-electron chi connectivity index (χ4n) is 2.15. The van der Waals surface area contributed by atoms with Crippen LogP contribution in [0.4, 0.5) is 5.69 Å². The average molecular weight is 358 g/mol. The van der Waals surface area contributed by atoms with E-state index in [1.54, 1.807) is 55.8 Å². The first-order valence-electron chi connectivity index (χ1n) is 7.52. The lowest BCUT2D eigenvalue weighted by atomic mass is 10.3. The quantitative estimate of drug-likeness (QED) is 0.728. The summed E-state index contributed by atoms with van der Waals surface area (Å²) in [7, 11) is 1.57. The molecule has 0 aliphatic rings. The minimum absolute atomic E-state index is 0.149. The number of anilines is 1. The van der Waals surface area contributed by atoms with Crippen LogP contribution in [0.25, 0.3) is 0 Å². The number of hydrogen-bond donors (Lipinski definition) is 1. The van der Waals surface area contributed by atoms with E-state index in [1.165, 1.54) is 4.68 Å². The van der Waals surface area contributed by atoms with Crippen molar-refractivity contribution in [3.63, 3.8) is 0 Å². The van der Waals surface area contributed by atoms with E-state index < -0.39 is 0 Å². The lowest BCUT2D eigenvalue weighted by Crippen LogP contribution is -2.14. The van der Waals surface area contributed by atoms with E-state index in [9.17, 15) is 4.79 Å². The van der Waals surface area contributed by atoms with Gasteiger partial charge in [0.05, 0.1) is 12.1 Å². The van der Waals surface area contributed by atoms with Crippen LogP contribution in [0.1, 0.15) is 10.5 Å². The molecule has 7 heteroatoms. The van der Waals surface area contributed by atoms with Gasteiger partial charge in [0.1, 0.15) is 11.5 Å². The van der Waals surface area contributed by atoms with Gasteiger partial charge in [0.15, 0.2) is 12.4 Å². The van der Waals surface area contributed by atoms with Crippen LogP contribution in [0.2, 0.25) is 5.02 Å². The summed E-state index contributed by atoms with van der Waals surface area (Å²) in [6, 6.07) is 15.9. The van der Waals surface area contributed by atoms with Crippen LogP contribution in [0, 0.1) is 0 Å². The molecule has 0 radical (unpaired) electrons. The predicted molar refractivity (Wildman–Crippen MR) is 95.3 cm³/mol. The van der Waals surface area contributed by atoms with Gasteiger partial charge in [0, 0.05) is 18.0 Å². The predicted octanol–water partition coefficient (Wildman–Crippen LogP) is 3.83. The maximum Gasteiger partial charge on any atom is 0.276 e. The van der Waals surface area contributed by atoms with Crippen LogP contribution >= 0.6 is 11.6 Å². The topological polar surface area (TPSA) is 65.4 Å². The fraction of sp³-hybridized carbons (Fsp3) is 0.111. The number of aromatic nitrogens is 2. The third-order valence-electron chi connectivity index (χ3n) is 3.39. The highest BCUT2D eigenvalue weighted by molar-refractivity contribution is 6.32. The molecule has 0 bridgehead atoms. The second-order valence-corrected chi connectivity index (χ2v) is 5.54. The van der Waals surface area contributed by atoms with Crippen LogP contribution < -0.4 is 14.8 Å². The average Bonchev–Trinajstić information content (AvgIpc) is 3.10. The van der Waals surface area contributed by atoms with Gasteiger partial charge in [-0.15, -0.1) is 0 Å². The summed E-state index contributed by atoms with van der Waals surface area (Å²) >= 11 is 6.03. The summed E-state index contributed by atoms with van der Waals surface area (Å²) in [5, 5.41) is 7.49. The van der Waals surface area contributed by atoms with Crippen LogP contribution in [0.5, 0.6) is 11.5 Å². The Balaban J connectivity index is 1.62. The summed E-state index contributed by atoms with van der Waals surface area (Å²) in [4.78, 5) is 12.3. The molecule has 0 aliphatic carbocycles. The Morgan fingerprint density at radius 2 is 2.04 bits per heavy atom. The largest absolute Gasteiger partial charge is 0.497 e. The molecule has 0 fully saturated rings. The maximum atomic E-state index is 12.3. The molecule has 3 aromatic rings. The number of carbonyl (C=O) groups excluding carboxylic acids is 1. The Morgan fingerprint density at radius 3 is 2.84 bits per heavy atom. The Bertz CT molecular complexity index is 879. The number of benzene rings is 2. The summed E-state index contributed by atoms with van der Waals surface area (Å²) < 4.78 is 12.2.